The average molecular weight is 460 g/mol. The van der Waals surface area contributed by atoms with Gasteiger partial charge in [0.1, 0.15) is 16.1 Å². The molecule has 0 radical (unpaired) electrons. The number of carbonyl (C=O) groups is 1. The number of thiazole rings is 1. The number of halogens is 1. The number of aromatic nitrogens is 1. The average Bonchev–Trinajstić information content (AvgIpc) is 3.31. The Balaban J connectivity index is 1.82. The number of aryl methyl sites for hydroxylation is 1. The second kappa shape index (κ2) is 8.51. The van der Waals surface area contributed by atoms with Gasteiger partial charge in [0.05, 0.1) is 16.8 Å². The van der Waals surface area contributed by atoms with E-state index in [2.05, 4.69) is 0 Å². The molecule has 0 saturated heterocycles. The molecular weight excluding hydrogens is 438 g/mol. The molecule has 156 valence electrons. The highest BCUT2D eigenvalue weighted by molar-refractivity contribution is 7.23. The molecule has 0 atom stereocenters. The Labute approximate surface area is 188 Å². The molecule has 0 aliphatic heterocycles. The SMILES string of the molecule is COc1ccc(C)c2sc(N(CCN(C)C)C(=O)c3sc4ccccc4c3Cl)nc12. The Kier molecular flexibility index (Phi) is 5.97. The lowest BCUT2D eigenvalue weighted by molar-refractivity contribution is 0.0989. The van der Waals surface area contributed by atoms with Gasteiger partial charge in [-0.2, -0.15) is 0 Å². The van der Waals surface area contributed by atoms with E-state index in [4.69, 9.17) is 21.3 Å². The van der Waals surface area contributed by atoms with Crippen LogP contribution in [-0.2, 0) is 0 Å². The first-order valence-electron chi connectivity index (χ1n) is 9.48. The summed E-state index contributed by atoms with van der Waals surface area (Å²) in [7, 11) is 5.61. The Morgan fingerprint density at radius 2 is 1.90 bits per heavy atom. The topological polar surface area (TPSA) is 45.7 Å². The number of nitrogens with zero attached hydrogens (tertiary/aromatic N) is 3. The number of anilines is 1. The van der Waals surface area contributed by atoms with Gasteiger partial charge in [0.25, 0.3) is 5.91 Å². The van der Waals surface area contributed by atoms with Crippen LogP contribution in [0.15, 0.2) is 36.4 Å². The van der Waals surface area contributed by atoms with E-state index in [-0.39, 0.29) is 5.91 Å². The summed E-state index contributed by atoms with van der Waals surface area (Å²) < 4.78 is 7.51. The van der Waals surface area contributed by atoms with Crippen LogP contribution in [0.1, 0.15) is 15.2 Å². The Bertz CT molecular complexity index is 1230. The van der Waals surface area contributed by atoms with Gasteiger partial charge in [0.15, 0.2) is 5.13 Å². The first-order chi connectivity index (χ1) is 14.4. The summed E-state index contributed by atoms with van der Waals surface area (Å²) in [5.74, 6) is 0.580. The molecule has 2 aromatic heterocycles. The molecule has 5 nitrogen and oxygen atoms in total. The summed E-state index contributed by atoms with van der Waals surface area (Å²) in [5.41, 5.74) is 1.89. The number of hydrogen-bond acceptors (Lipinski definition) is 6. The van der Waals surface area contributed by atoms with Crippen molar-refractivity contribution in [3.63, 3.8) is 0 Å². The van der Waals surface area contributed by atoms with Gasteiger partial charge in [-0.05, 0) is 38.7 Å². The van der Waals surface area contributed by atoms with E-state index >= 15 is 0 Å². The van der Waals surface area contributed by atoms with Gasteiger partial charge in [-0.1, -0.05) is 47.2 Å². The quantitative estimate of drug-likeness (QED) is 0.371. The van der Waals surface area contributed by atoms with Gasteiger partial charge in [0.2, 0.25) is 0 Å². The number of hydrogen-bond donors (Lipinski definition) is 0. The van der Waals surface area contributed by atoms with Crippen LogP contribution in [0.5, 0.6) is 5.75 Å². The fourth-order valence-corrected chi connectivity index (χ4v) is 5.77. The zero-order valence-corrected chi connectivity index (χ0v) is 19.6. The fraction of sp³-hybridized carbons (Fsp3) is 0.273. The molecular formula is C22H22ClN3O2S2. The summed E-state index contributed by atoms with van der Waals surface area (Å²) in [6, 6.07) is 11.7. The summed E-state index contributed by atoms with van der Waals surface area (Å²) >= 11 is 9.54. The van der Waals surface area contributed by atoms with E-state index in [0.29, 0.717) is 33.9 Å². The molecule has 2 heterocycles. The second-order valence-electron chi connectivity index (χ2n) is 7.26. The zero-order chi connectivity index (χ0) is 21.4. The summed E-state index contributed by atoms with van der Waals surface area (Å²) in [6.07, 6.45) is 0. The minimum absolute atomic E-state index is 0.126. The molecule has 0 aliphatic rings. The highest BCUT2D eigenvalue weighted by Crippen LogP contribution is 2.39. The first-order valence-corrected chi connectivity index (χ1v) is 11.5. The number of thiophene rings is 1. The number of amides is 1. The predicted molar refractivity (Wildman–Crippen MR) is 128 cm³/mol. The van der Waals surface area contributed by atoms with Crippen LogP contribution in [0.3, 0.4) is 0 Å². The number of carbonyl (C=O) groups excluding carboxylic acids is 1. The van der Waals surface area contributed by atoms with Crippen molar-refractivity contribution in [2.75, 3.05) is 39.2 Å². The van der Waals surface area contributed by atoms with E-state index in [1.165, 1.54) is 22.7 Å². The highest BCUT2D eigenvalue weighted by Gasteiger charge is 2.27. The van der Waals surface area contributed by atoms with Crippen molar-refractivity contribution in [1.82, 2.24) is 9.88 Å². The lowest BCUT2D eigenvalue weighted by atomic mass is 10.2. The molecule has 0 saturated carbocycles. The van der Waals surface area contributed by atoms with Gasteiger partial charge in [-0.3, -0.25) is 9.69 Å². The van der Waals surface area contributed by atoms with E-state index in [0.717, 1.165) is 25.9 Å². The largest absolute Gasteiger partial charge is 0.494 e. The van der Waals surface area contributed by atoms with Crippen LogP contribution in [0.2, 0.25) is 5.02 Å². The third-order valence-corrected chi connectivity index (χ3v) is 7.77. The van der Waals surface area contributed by atoms with Crippen LogP contribution in [0.4, 0.5) is 5.13 Å². The molecule has 0 N–H and O–H groups in total. The minimum Gasteiger partial charge on any atom is -0.494 e. The highest BCUT2D eigenvalue weighted by atomic mass is 35.5. The number of likely N-dealkylation sites (N-methyl/N-ethyl adjacent to an activating group) is 1. The van der Waals surface area contributed by atoms with Crippen LogP contribution in [0, 0.1) is 6.92 Å². The van der Waals surface area contributed by atoms with Crippen molar-refractivity contribution in [2.45, 2.75) is 6.92 Å². The van der Waals surface area contributed by atoms with Crippen molar-refractivity contribution in [3.8, 4) is 5.75 Å². The number of fused-ring (bicyclic) bond motifs is 2. The third-order valence-electron chi connectivity index (χ3n) is 4.89. The molecule has 1 amide bonds. The van der Waals surface area contributed by atoms with E-state index in [9.17, 15) is 4.79 Å². The maximum absolute atomic E-state index is 13.6. The zero-order valence-electron chi connectivity index (χ0n) is 17.2. The fourth-order valence-electron chi connectivity index (χ4n) is 3.24. The molecule has 4 aromatic rings. The van der Waals surface area contributed by atoms with Gasteiger partial charge in [0, 0.05) is 23.2 Å². The first kappa shape index (κ1) is 21.1. The Hall–Kier alpha value is -2.19. The van der Waals surface area contributed by atoms with Crippen LogP contribution >= 0.6 is 34.3 Å². The second-order valence-corrected chi connectivity index (χ2v) is 9.67. The Morgan fingerprint density at radius 3 is 2.60 bits per heavy atom. The molecule has 0 bridgehead atoms. The van der Waals surface area contributed by atoms with Crippen LogP contribution < -0.4 is 9.64 Å². The smallest absolute Gasteiger partial charge is 0.271 e. The predicted octanol–water partition coefficient (Wildman–Crippen LogP) is 5.69. The van der Waals surface area contributed by atoms with Crippen molar-refractivity contribution < 1.29 is 9.53 Å². The molecule has 0 unspecified atom stereocenters. The van der Waals surface area contributed by atoms with Crippen molar-refractivity contribution in [1.29, 1.82) is 0 Å². The number of ether oxygens (including phenoxy) is 1. The molecule has 0 spiro atoms. The molecule has 0 aliphatic carbocycles. The van der Waals surface area contributed by atoms with Crippen molar-refractivity contribution in [3.05, 3.63) is 51.9 Å². The molecule has 0 fully saturated rings. The summed E-state index contributed by atoms with van der Waals surface area (Å²) in [6.45, 7) is 3.26. The number of rotatable bonds is 6. The standard InChI is InChI=1S/C22H22ClN3O2S2/c1-13-9-10-15(28-4)18-19(13)30-22(24-18)26(12-11-25(2)3)21(27)20-17(23)14-7-5-6-8-16(14)29-20/h5-10H,11-12H2,1-4H3. The van der Waals surface area contributed by atoms with Gasteiger partial charge in [-0.15, -0.1) is 11.3 Å². The maximum atomic E-state index is 13.6. The van der Waals surface area contributed by atoms with Crippen LogP contribution in [0.25, 0.3) is 20.3 Å². The lowest BCUT2D eigenvalue weighted by Crippen LogP contribution is -2.36. The summed E-state index contributed by atoms with van der Waals surface area (Å²) in [5, 5.41) is 2.06. The third kappa shape index (κ3) is 3.78. The van der Waals surface area contributed by atoms with Crippen molar-refractivity contribution >= 4 is 65.6 Å². The molecule has 30 heavy (non-hydrogen) atoms. The van der Waals surface area contributed by atoms with Gasteiger partial charge >= 0.3 is 0 Å². The Morgan fingerprint density at radius 1 is 1.13 bits per heavy atom. The van der Waals surface area contributed by atoms with E-state index in [1.54, 1.807) is 12.0 Å². The summed E-state index contributed by atoms with van der Waals surface area (Å²) in [4.78, 5) is 22.8. The normalized spacial score (nSPS) is 11.5. The minimum atomic E-state index is -0.126. The van der Waals surface area contributed by atoms with Crippen molar-refractivity contribution in [2.24, 2.45) is 0 Å². The molecule has 4 rings (SSSR count). The number of benzene rings is 2. The lowest BCUT2D eigenvalue weighted by Gasteiger charge is -2.21. The number of methoxy groups -OCH3 is 1. The van der Waals surface area contributed by atoms with Gasteiger partial charge in [-0.25, -0.2) is 4.98 Å². The monoisotopic (exact) mass is 459 g/mol. The molecule has 2 aromatic carbocycles. The maximum Gasteiger partial charge on any atom is 0.271 e. The van der Waals surface area contributed by atoms with Crippen LogP contribution in [-0.4, -0.2) is 50.1 Å². The van der Waals surface area contributed by atoms with E-state index in [1.807, 2.05) is 62.3 Å². The van der Waals surface area contributed by atoms with Gasteiger partial charge < -0.3 is 9.64 Å². The molecule has 8 heteroatoms. The van der Waals surface area contributed by atoms with E-state index < -0.39 is 0 Å².